The molecule has 1 unspecified atom stereocenters. The third kappa shape index (κ3) is 8.00. The van der Waals surface area contributed by atoms with E-state index in [-0.39, 0.29) is 41.5 Å². The van der Waals surface area contributed by atoms with Gasteiger partial charge in [0.15, 0.2) is 5.96 Å². The zero-order valence-corrected chi connectivity index (χ0v) is 18.2. The van der Waals surface area contributed by atoms with Crippen molar-refractivity contribution >= 4 is 51.6 Å². The lowest BCUT2D eigenvalue weighted by Crippen LogP contribution is -2.46. The molecule has 6 nitrogen and oxygen atoms in total. The Bertz CT molecular complexity index is 638. The van der Waals surface area contributed by atoms with Crippen LogP contribution in [0.2, 0.25) is 5.02 Å². The van der Waals surface area contributed by atoms with Crippen LogP contribution in [0.3, 0.4) is 0 Å². The molecule has 0 fully saturated rings. The maximum Gasteiger partial charge on any atom is 0.240 e. The number of nitrogens with zero attached hydrogens (tertiary/aromatic N) is 1. The van der Waals surface area contributed by atoms with Crippen molar-refractivity contribution in [2.75, 3.05) is 20.1 Å². The molecule has 0 bridgehead atoms. The molecule has 24 heavy (non-hydrogen) atoms. The summed E-state index contributed by atoms with van der Waals surface area (Å²) in [5, 5.41) is 6.71. The minimum atomic E-state index is -3.56. The molecule has 1 rings (SSSR count). The van der Waals surface area contributed by atoms with Crippen molar-refractivity contribution in [1.29, 1.82) is 0 Å². The highest BCUT2D eigenvalue weighted by atomic mass is 127. The summed E-state index contributed by atoms with van der Waals surface area (Å²) in [6.07, 6.45) is 0. The van der Waals surface area contributed by atoms with E-state index >= 15 is 0 Å². The summed E-state index contributed by atoms with van der Waals surface area (Å²) in [5.74, 6) is 1.11. The van der Waals surface area contributed by atoms with Crippen molar-refractivity contribution in [1.82, 2.24) is 15.4 Å². The highest BCUT2D eigenvalue weighted by Gasteiger charge is 2.14. The molecule has 0 heterocycles. The quantitative estimate of drug-likeness (QED) is 0.238. The Balaban J connectivity index is 0.00000529. The molecule has 0 saturated carbocycles. The van der Waals surface area contributed by atoms with Gasteiger partial charge in [0.2, 0.25) is 10.0 Å². The first kappa shape index (κ1) is 23.4. The van der Waals surface area contributed by atoms with Crippen molar-refractivity contribution in [3.05, 3.63) is 29.3 Å². The molecule has 3 N–H and O–H groups in total. The zero-order valence-electron chi connectivity index (χ0n) is 14.3. The van der Waals surface area contributed by atoms with Gasteiger partial charge < -0.3 is 10.6 Å². The molecular formula is C15H26ClIN4O2S. The summed E-state index contributed by atoms with van der Waals surface area (Å²) < 4.78 is 26.8. The number of guanidine groups is 1. The van der Waals surface area contributed by atoms with E-state index in [0.29, 0.717) is 23.4 Å². The van der Waals surface area contributed by atoms with Gasteiger partial charge in [-0.2, -0.15) is 0 Å². The highest BCUT2D eigenvalue weighted by Crippen LogP contribution is 2.14. The van der Waals surface area contributed by atoms with Gasteiger partial charge in [-0.1, -0.05) is 31.5 Å². The predicted octanol–water partition coefficient (Wildman–Crippen LogP) is 2.45. The number of hydrogen-bond acceptors (Lipinski definition) is 3. The van der Waals surface area contributed by atoms with Crippen LogP contribution < -0.4 is 15.4 Å². The van der Waals surface area contributed by atoms with Gasteiger partial charge in [0.25, 0.3) is 0 Å². The fourth-order valence-corrected chi connectivity index (χ4v) is 2.99. The monoisotopic (exact) mass is 488 g/mol. The van der Waals surface area contributed by atoms with Crippen molar-refractivity contribution in [2.45, 2.75) is 31.7 Å². The van der Waals surface area contributed by atoms with Crippen LogP contribution >= 0.6 is 35.6 Å². The topological polar surface area (TPSA) is 82.6 Å². The van der Waals surface area contributed by atoms with Gasteiger partial charge in [-0.15, -0.1) is 24.0 Å². The van der Waals surface area contributed by atoms with Crippen LogP contribution in [0.25, 0.3) is 0 Å². The lowest BCUT2D eigenvalue weighted by Gasteiger charge is -2.20. The van der Waals surface area contributed by atoms with Crippen LogP contribution in [0.1, 0.15) is 20.8 Å². The van der Waals surface area contributed by atoms with Crippen molar-refractivity contribution in [2.24, 2.45) is 10.9 Å². The number of aliphatic imine (C=N–C) groups is 1. The fourth-order valence-electron chi connectivity index (χ4n) is 1.66. The number of hydrogen-bond donors (Lipinski definition) is 3. The summed E-state index contributed by atoms with van der Waals surface area (Å²) in [6.45, 7) is 6.96. The average Bonchev–Trinajstić information content (AvgIpc) is 2.49. The van der Waals surface area contributed by atoms with Crippen LogP contribution in [0, 0.1) is 5.92 Å². The van der Waals surface area contributed by atoms with Crippen molar-refractivity contribution < 1.29 is 8.42 Å². The summed E-state index contributed by atoms with van der Waals surface area (Å²) in [5.41, 5.74) is 0. The fraction of sp³-hybridized carbons (Fsp3) is 0.533. The second-order valence-corrected chi connectivity index (χ2v) is 7.73. The molecule has 0 radical (unpaired) electrons. The minimum absolute atomic E-state index is 0. The van der Waals surface area contributed by atoms with Crippen molar-refractivity contribution in [3.8, 4) is 0 Å². The Labute approximate surface area is 166 Å². The minimum Gasteiger partial charge on any atom is -0.355 e. The van der Waals surface area contributed by atoms with E-state index in [4.69, 9.17) is 11.6 Å². The largest absolute Gasteiger partial charge is 0.355 e. The number of nitrogens with one attached hydrogen (secondary N) is 3. The van der Waals surface area contributed by atoms with E-state index < -0.39 is 10.0 Å². The Morgan fingerprint density at radius 1 is 1.25 bits per heavy atom. The van der Waals surface area contributed by atoms with Crippen LogP contribution in [-0.4, -0.2) is 40.6 Å². The summed E-state index contributed by atoms with van der Waals surface area (Å²) in [4.78, 5) is 4.27. The second-order valence-electron chi connectivity index (χ2n) is 5.53. The molecule has 0 aromatic heterocycles. The molecule has 0 amide bonds. The van der Waals surface area contributed by atoms with E-state index in [9.17, 15) is 8.42 Å². The molecule has 1 atom stereocenters. The van der Waals surface area contributed by atoms with Crippen LogP contribution in [0.15, 0.2) is 34.2 Å². The van der Waals surface area contributed by atoms with E-state index in [1.807, 2.05) is 0 Å². The maximum absolute atomic E-state index is 12.1. The normalized spacial score (nSPS) is 13.3. The first-order valence-electron chi connectivity index (χ1n) is 7.48. The van der Waals surface area contributed by atoms with Gasteiger partial charge in [0, 0.05) is 31.2 Å². The smallest absolute Gasteiger partial charge is 0.240 e. The van der Waals surface area contributed by atoms with E-state index in [0.717, 1.165) is 0 Å². The van der Waals surface area contributed by atoms with Crippen LogP contribution in [0.5, 0.6) is 0 Å². The van der Waals surface area contributed by atoms with Gasteiger partial charge >= 0.3 is 0 Å². The summed E-state index contributed by atoms with van der Waals surface area (Å²) in [7, 11) is -1.88. The molecule has 0 saturated heterocycles. The van der Waals surface area contributed by atoms with Gasteiger partial charge in [-0.3, -0.25) is 4.99 Å². The van der Waals surface area contributed by atoms with E-state index in [1.165, 1.54) is 12.1 Å². The van der Waals surface area contributed by atoms with Gasteiger partial charge in [0.05, 0.1) is 4.90 Å². The highest BCUT2D eigenvalue weighted by molar-refractivity contribution is 14.0. The molecule has 0 aliphatic rings. The summed E-state index contributed by atoms with van der Waals surface area (Å²) >= 11 is 5.82. The molecule has 1 aromatic carbocycles. The summed E-state index contributed by atoms with van der Waals surface area (Å²) in [6, 6.07) is 6.43. The molecular weight excluding hydrogens is 463 g/mol. The molecule has 0 aliphatic heterocycles. The van der Waals surface area contributed by atoms with Gasteiger partial charge in [-0.05, 0) is 31.0 Å². The molecule has 0 spiro atoms. The maximum atomic E-state index is 12.1. The second kappa shape index (κ2) is 11.1. The third-order valence-corrected chi connectivity index (χ3v) is 5.10. The average molecular weight is 489 g/mol. The predicted molar refractivity (Wildman–Crippen MR) is 111 cm³/mol. The third-order valence-electron chi connectivity index (χ3n) is 3.40. The Hall–Kier alpha value is -0.580. The zero-order chi connectivity index (χ0) is 17.5. The molecule has 9 heteroatoms. The van der Waals surface area contributed by atoms with Crippen LogP contribution in [-0.2, 0) is 10.0 Å². The number of halogens is 2. The Morgan fingerprint density at radius 3 is 2.46 bits per heavy atom. The first-order valence-corrected chi connectivity index (χ1v) is 9.35. The van der Waals surface area contributed by atoms with Gasteiger partial charge in [-0.25, -0.2) is 13.1 Å². The SMILES string of the molecule is CN=C(NCCNS(=O)(=O)c1cccc(Cl)c1)NC(C)C(C)C.I. The molecule has 138 valence electrons. The number of sulfonamides is 1. The van der Waals surface area contributed by atoms with E-state index in [1.54, 1.807) is 19.2 Å². The molecule has 0 aliphatic carbocycles. The van der Waals surface area contributed by atoms with E-state index in [2.05, 4.69) is 41.1 Å². The standard InChI is InChI=1S/C15H25ClN4O2S.HI/c1-11(2)12(3)20-15(17-4)18-8-9-19-23(21,22)14-7-5-6-13(16)10-14;/h5-7,10-12,19H,8-9H2,1-4H3,(H2,17,18,20);1H. The lowest BCUT2D eigenvalue weighted by atomic mass is 10.1. The Kier molecular flexibility index (Phi) is 10.8. The van der Waals surface area contributed by atoms with Crippen LogP contribution in [0.4, 0.5) is 0 Å². The Morgan fingerprint density at radius 2 is 1.92 bits per heavy atom. The lowest BCUT2D eigenvalue weighted by molar-refractivity contribution is 0.481. The first-order chi connectivity index (χ1) is 10.8. The van der Waals surface area contributed by atoms with Gasteiger partial charge in [0.1, 0.15) is 0 Å². The number of rotatable bonds is 7. The number of benzene rings is 1. The van der Waals surface area contributed by atoms with Crippen molar-refractivity contribution in [3.63, 3.8) is 0 Å². The molecule has 1 aromatic rings.